The highest BCUT2D eigenvalue weighted by atomic mass is 19.4. The van der Waals surface area contributed by atoms with Gasteiger partial charge in [-0.1, -0.05) is 0 Å². The molecule has 100 valence electrons. The maximum absolute atomic E-state index is 12.3. The second kappa shape index (κ2) is 5.40. The van der Waals surface area contributed by atoms with Gasteiger partial charge in [-0.3, -0.25) is 4.68 Å². The average molecular weight is 260 g/mol. The van der Waals surface area contributed by atoms with Crippen LogP contribution in [-0.4, -0.2) is 15.3 Å². The number of aryl methyl sites for hydroxylation is 1. The summed E-state index contributed by atoms with van der Waals surface area (Å²) in [5.74, 6) is 0. The molecule has 1 atom stereocenters. The van der Waals surface area contributed by atoms with E-state index in [9.17, 15) is 13.2 Å². The molecule has 1 rings (SSSR count). The van der Waals surface area contributed by atoms with Gasteiger partial charge in [0.25, 0.3) is 0 Å². The Balaban J connectivity index is 2.37. The third-order valence-electron chi connectivity index (χ3n) is 2.52. The number of hydrogen-bond donors (Lipinski definition) is 1. The summed E-state index contributed by atoms with van der Waals surface area (Å²) in [6, 6.07) is 2.92. The van der Waals surface area contributed by atoms with E-state index in [-0.39, 0.29) is 0 Å². The first-order chi connectivity index (χ1) is 8.24. The quantitative estimate of drug-likeness (QED) is 0.826. The van der Waals surface area contributed by atoms with Gasteiger partial charge >= 0.3 is 6.18 Å². The smallest absolute Gasteiger partial charge is 0.314 e. The van der Waals surface area contributed by atoms with Crippen molar-refractivity contribution < 1.29 is 13.2 Å². The third-order valence-corrected chi connectivity index (χ3v) is 2.52. The summed E-state index contributed by atoms with van der Waals surface area (Å²) in [4.78, 5) is 0. The van der Waals surface area contributed by atoms with Crippen molar-refractivity contribution in [3.8, 4) is 6.07 Å². The minimum atomic E-state index is -4.40. The molecule has 0 aromatic carbocycles. The molecule has 0 bridgehead atoms. The molecule has 0 aliphatic carbocycles. The largest absolute Gasteiger partial charge is 0.435 e. The lowest BCUT2D eigenvalue weighted by molar-refractivity contribution is -0.141. The molecule has 0 fully saturated rings. The summed E-state index contributed by atoms with van der Waals surface area (Å²) in [6.45, 7) is 2.01. The number of alkyl halides is 3. The second-order valence-electron chi connectivity index (χ2n) is 4.45. The van der Waals surface area contributed by atoms with E-state index in [1.807, 2.05) is 6.07 Å². The summed E-state index contributed by atoms with van der Waals surface area (Å²) < 4.78 is 38.0. The van der Waals surface area contributed by atoms with Crippen LogP contribution in [0.3, 0.4) is 0 Å². The lowest BCUT2D eigenvalue weighted by Gasteiger charge is -2.14. The number of nitrogens with two attached hydrogens (primary N) is 1. The molecular formula is C11H15F3N4. The maximum Gasteiger partial charge on any atom is 0.435 e. The van der Waals surface area contributed by atoms with E-state index in [0.717, 1.165) is 6.07 Å². The minimum absolute atomic E-state index is 0.386. The Morgan fingerprint density at radius 3 is 2.61 bits per heavy atom. The Morgan fingerprint density at radius 2 is 2.11 bits per heavy atom. The number of unbranched alkanes of at least 4 members (excludes halogenated alkanes) is 1. The Kier molecular flexibility index (Phi) is 4.35. The fraction of sp³-hybridized carbons (Fsp3) is 0.636. The van der Waals surface area contributed by atoms with Gasteiger partial charge in [0.1, 0.15) is 5.54 Å². The fourth-order valence-electron chi connectivity index (χ4n) is 1.46. The van der Waals surface area contributed by atoms with Crippen LogP contribution in [0, 0.1) is 11.3 Å². The van der Waals surface area contributed by atoms with Crippen molar-refractivity contribution in [3.05, 3.63) is 18.0 Å². The summed E-state index contributed by atoms with van der Waals surface area (Å²) in [6.07, 6.45) is -1.29. The van der Waals surface area contributed by atoms with Crippen LogP contribution in [0.15, 0.2) is 12.3 Å². The van der Waals surface area contributed by atoms with Gasteiger partial charge in [0.05, 0.1) is 6.07 Å². The number of rotatable bonds is 5. The van der Waals surface area contributed by atoms with Gasteiger partial charge in [0, 0.05) is 12.7 Å². The van der Waals surface area contributed by atoms with Crippen molar-refractivity contribution in [3.63, 3.8) is 0 Å². The van der Waals surface area contributed by atoms with Crippen molar-refractivity contribution in [2.75, 3.05) is 0 Å². The maximum atomic E-state index is 12.3. The van der Waals surface area contributed by atoms with Crippen molar-refractivity contribution in [2.24, 2.45) is 5.73 Å². The normalized spacial score (nSPS) is 15.1. The lowest BCUT2D eigenvalue weighted by atomic mass is 9.98. The van der Waals surface area contributed by atoms with E-state index in [0.29, 0.717) is 25.8 Å². The van der Waals surface area contributed by atoms with Gasteiger partial charge in [0.15, 0.2) is 5.69 Å². The molecule has 0 aliphatic heterocycles. The van der Waals surface area contributed by atoms with Gasteiger partial charge < -0.3 is 5.73 Å². The zero-order chi connectivity index (χ0) is 13.8. The lowest BCUT2D eigenvalue weighted by Crippen LogP contribution is -2.33. The number of aromatic nitrogens is 2. The average Bonchev–Trinajstić information content (AvgIpc) is 2.73. The first-order valence-corrected chi connectivity index (χ1v) is 5.55. The Hall–Kier alpha value is -1.55. The Bertz CT molecular complexity index is 428. The topological polar surface area (TPSA) is 67.6 Å². The Labute approximate surface area is 103 Å². The molecule has 0 spiro atoms. The molecule has 0 aliphatic rings. The van der Waals surface area contributed by atoms with E-state index in [4.69, 9.17) is 11.0 Å². The molecule has 4 nitrogen and oxygen atoms in total. The van der Waals surface area contributed by atoms with Crippen LogP contribution in [0.4, 0.5) is 13.2 Å². The molecule has 1 heterocycles. The number of halogens is 3. The predicted octanol–water partition coefficient (Wildman–Crippen LogP) is 2.31. The standard InChI is InChI=1S/C11H15F3N4/c1-10(16,8-15)5-2-3-6-18-7-4-9(17-18)11(12,13)14/h4,7H,2-3,5-6,16H2,1H3. The highest BCUT2D eigenvalue weighted by molar-refractivity contribution is 5.03. The van der Waals surface area contributed by atoms with Crippen molar-refractivity contribution in [2.45, 2.75) is 44.4 Å². The first-order valence-electron chi connectivity index (χ1n) is 5.55. The van der Waals surface area contributed by atoms with Gasteiger partial charge in [0.2, 0.25) is 0 Å². The van der Waals surface area contributed by atoms with Crippen LogP contribution in [0.5, 0.6) is 0 Å². The predicted molar refractivity (Wildman–Crippen MR) is 59.3 cm³/mol. The van der Waals surface area contributed by atoms with Gasteiger partial charge in [-0.15, -0.1) is 0 Å². The van der Waals surface area contributed by atoms with E-state index in [1.54, 1.807) is 6.92 Å². The Morgan fingerprint density at radius 1 is 1.44 bits per heavy atom. The van der Waals surface area contributed by atoms with Gasteiger partial charge in [-0.05, 0) is 32.3 Å². The summed E-state index contributed by atoms with van der Waals surface area (Å²) in [7, 11) is 0. The monoisotopic (exact) mass is 260 g/mol. The van der Waals surface area contributed by atoms with Crippen LogP contribution in [-0.2, 0) is 12.7 Å². The third kappa shape index (κ3) is 4.37. The second-order valence-corrected chi connectivity index (χ2v) is 4.45. The van der Waals surface area contributed by atoms with E-state index < -0.39 is 17.4 Å². The molecule has 0 radical (unpaired) electrons. The van der Waals surface area contributed by atoms with Gasteiger partial charge in [-0.2, -0.15) is 23.5 Å². The van der Waals surface area contributed by atoms with Gasteiger partial charge in [-0.25, -0.2) is 0 Å². The fourth-order valence-corrected chi connectivity index (χ4v) is 1.46. The molecule has 7 heteroatoms. The minimum Gasteiger partial charge on any atom is -0.314 e. The molecule has 0 saturated carbocycles. The highest BCUT2D eigenvalue weighted by Crippen LogP contribution is 2.27. The molecular weight excluding hydrogens is 245 g/mol. The number of nitrogens with zero attached hydrogens (tertiary/aromatic N) is 3. The van der Waals surface area contributed by atoms with E-state index >= 15 is 0 Å². The molecule has 0 saturated heterocycles. The van der Waals surface area contributed by atoms with Crippen LogP contribution in [0.1, 0.15) is 31.9 Å². The van der Waals surface area contributed by atoms with Crippen LogP contribution < -0.4 is 5.73 Å². The molecule has 2 N–H and O–H groups in total. The molecule has 18 heavy (non-hydrogen) atoms. The first kappa shape index (κ1) is 14.5. The number of hydrogen-bond acceptors (Lipinski definition) is 3. The molecule has 1 aromatic heterocycles. The van der Waals surface area contributed by atoms with Crippen LogP contribution >= 0.6 is 0 Å². The van der Waals surface area contributed by atoms with E-state index in [1.165, 1.54) is 10.9 Å². The van der Waals surface area contributed by atoms with Crippen LogP contribution in [0.25, 0.3) is 0 Å². The van der Waals surface area contributed by atoms with Crippen molar-refractivity contribution >= 4 is 0 Å². The summed E-state index contributed by atoms with van der Waals surface area (Å²) in [5, 5.41) is 12.1. The van der Waals surface area contributed by atoms with Crippen molar-refractivity contribution in [1.29, 1.82) is 5.26 Å². The summed E-state index contributed by atoms with van der Waals surface area (Å²) >= 11 is 0. The van der Waals surface area contributed by atoms with Crippen molar-refractivity contribution in [1.82, 2.24) is 9.78 Å². The zero-order valence-electron chi connectivity index (χ0n) is 10.0. The molecule has 0 amide bonds. The van der Waals surface area contributed by atoms with E-state index in [2.05, 4.69) is 5.10 Å². The molecule has 1 unspecified atom stereocenters. The highest BCUT2D eigenvalue weighted by Gasteiger charge is 2.33. The number of nitriles is 1. The van der Waals surface area contributed by atoms with Crippen LogP contribution in [0.2, 0.25) is 0 Å². The molecule has 1 aromatic rings. The summed E-state index contributed by atoms with van der Waals surface area (Å²) in [5.41, 5.74) is 3.86. The zero-order valence-corrected chi connectivity index (χ0v) is 10.0. The SMILES string of the molecule is CC(N)(C#N)CCCCn1ccc(C(F)(F)F)n1.